The molecule has 2 aromatic rings. The first-order valence-corrected chi connectivity index (χ1v) is 14.8. The maximum Gasteiger partial charge on any atom is 0.256 e. The van der Waals surface area contributed by atoms with Gasteiger partial charge >= 0.3 is 0 Å². The topological polar surface area (TPSA) is 60.0 Å². The average molecular weight is 550 g/mol. The molecule has 3 saturated carbocycles. The number of fused-ring (bicyclic) bond motifs is 3. The lowest BCUT2D eigenvalue weighted by Crippen LogP contribution is -2.63. The lowest BCUT2D eigenvalue weighted by atomic mass is 9.45. The standard InChI is InChI=1S/C32H41F2N5O/c1-19-18-38(14-12-35-19)31(36-28-16-22-15-26(20(28)2)32(22,3)4)37-29-24-7-5-6-8-25(24)30(40)39(29)13-11-21-9-10-23(33)17-27(21)34/h5-10,17,19-20,22,26,28-29,35H,11-16,18H2,1-4H3,(H,36,37)/t19-,20-,22+,26-,28-,29?/m0/s1. The van der Waals surface area contributed by atoms with Crippen molar-refractivity contribution in [3.63, 3.8) is 0 Å². The molecule has 4 fully saturated rings. The van der Waals surface area contributed by atoms with Crippen molar-refractivity contribution >= 4 is 11.9 Å². The number of aliphatic imine (C=N–C) groups is 1. The average Bonchev–Trinajstić information content (AvgIpc) is 3.19. The van der Waals surface area contributed by atoms with Gasteiger partial charge in [-0.05, 0) is 67.1 Å². The third-order valence-electron chi connectivity index (χ3n) is 10.2. The molecule has 6 atom stereocenters. The number of hydrogen-bond acceptors (Lipinski definition) is 3. The number of nitrogens with zero attached hydrogens (tertiary/aromatic N) is 3. The van der Waals surface area contributed by atoms with E-state index in [1.807, 2.05) is 24.3 Å². The fourth-order valence-electron chi connectivity index (χ4n) is 7.64. The van der Waals surface area contributed by atoms with Crippen molar-refractivity contribution in [2.75, 3.05) is 26.2 Å². The molecular formula is C32H41F2N5O. The lowest BCUT2D eigenvalue weighted by molar-refractivity contribution is -0.112. The Morgan fingerprint density at radius 1 is 1.15 bits per heavy atom. The van der Waals surface area contributed by atoms with E-state index in [-0.39, 0.29) is 18.9 Å². The van der Waals surface area contributed by atoms with Crippen molar-refractivity contribution in [1.82, 2.24) is 20.4 Å². The molecule has 2 bridgehead atoms. The molecule has 1 unspecified atom stereocenters. The molecule has 1 amide bonds. The highest BCUT2D eigenvalue weighted by Gasteiger charge is 2.56. The van der Waals surface area contributed by atoms with Gasteiger partial charge in [-0.2, -0.15) is 0 Å². The Kier molecular flexibility index (Phi) is 7.09. The summed E-state index contributed by atoms with van der Waals surface area (Å²) in [7, 11) is 0. The minimum atomic E-state index is -0.604. The van der Waals surface area contributed by atoms with Crippen LogP contribution in [0.1, 0.15) is 68.2 Å². The van der Waals surface area contributed by atoms with Crippen LogP contribution in [0.4, 0.5) is 8.78 Å². The van der Waals surface area contributed by atoms with E-state index in [2.05, 4.69) is 43.2 Å². The highest BCUT2D eigenvalue weighted by Crippen LogP contribution is 2.61. The summed E-state index contributed by atoms with van der Waals surface area (Å²) < 4.78 is 28.0. The van der Waals surface area contributed by atoms with Gasteiger partial charge < -0.3 is 20.4 Å². The van der Waals surface area contributed by atoms with Gasteiger partial charge in [0.2, 0.25) is 0 Å². The molecule has 0 aromatic heterocycles. The van der Waals surface area contributed by atoms with E-state index in [0.717, 1.165) is 43.6 Å². The van der Waals surface area contributed by atoms with Crippen LogP contribution >= 0.6 is 0 Å². The summed E-state index contributed by atoms with van der Waals surface area (Å²) in [6.45, 7) is 12.2. The first-order valence-electron chi connectivity index (χ1n) is 14.8. The van der Waals surface area contributed by atoms with Crippen LogP contribution in [0.15, 0.2) is 47.5 Å². The van der Waals surface area contributed by atoms with Gasteiger partial charge in [-0.3, -0.25) is 4.79 Å². The van der Waals surface area contributed by atoms with Crippen LogP contribution in [0.25, 0.3) is 0 Å². The molecule has 8 heteroatoms. The Balaban J connectivity index is 1.32. The number of piperazine rings is 1. The molecule has 5 aliphatic rings. The molecule has 2 N–H and O–H groups in total. The number of carbonyl (C=O) groups excluding carboxylic acids is 1. The van der Waals surface area contributed by atoms with Gasteiger partial charge in [0.15, 0.2) is 12.1 Å². The summed E-state index contributed by atoms with van der Waals surface area (Å²) in [5.74, 6) is 1.49. The van der Waals surface area contributed by atoms with Crippen LogP contribution in [0.3, 0.4) is 0 Å². The van der Waals surface area contributed by atoms with E-state index in [0.29, 0.717) is 46.4 Å². The second-order valence-corrected chi connectivity index (χ2v) is 12.9. The van der Waals surface area contributed by atoms with Gasteiger partial charge in [0.1, 0.15) is 11.6 Å². The van der Waals surface area contributed by atoms with Crippen LogP contribution in [-0.2, 0) is 6.42 Å². The Hall–Kier alpha value is -3.00. The zero-order valence-corrected chi connectivity index (χ0v) is 24.0. The number of benzene rings is 2. The molecule has 40 heavy (non-hydrogen) atoms. The highest BCUT2D eigenvalue weighted by molar-refractivity contribution is 5.99. The van der Waals surface area contributed by atoms with Crippen molar-refractivity contribution < 1.29 is 13.6 Å². The Morgan fingerprint density at radius 2 is 1.95 bits per heavy atom. The lowest BCUT2D eigenvalue weighted by Gasteiger charge is -2.62. The maximum absolute atomic E-state index is 14.5. The summed E-state index contributed by atoms with van der Waals surface area (Å²) in [4.78, 5) is 23.0. The first-order chi connectivity index (χ1) is 19.1. The largest absolute Gasteiger partial charge is 0.353 e. The second kappa shape index (κ2) is 10.4. The van der Waals surface area contributed by atoms with Gasteiger partial charge in [0.25, 0.3) is 5.91 Å². The molecule has 3 aliphatic carbocycles. The summed E-state index contributed by atoms with van der Waals surface area (Å²) in [5.41, 5.74) is 2.29. The van der Waals surface area contributed by atoms with Gasteiger partial charge in [-0.1, -0.05) is 45.0 Å². The molecular weight excluding hydrogens is 508 g/mol. The quantitative estimate of drug-likeness (QED) is 0.409. The number of hydrogen-bond donors (Lipinski definition) is 2. The van der Waals surface area contributed by atoms with Crippen molar-refractivity contribution in [1.29, 1.82) is 0 Å². The fourth-order valence-corrected chi connectivity index (χ4v) is 7.64. The van der Waals surface area contributed by atoms with Gasteiger partial charge in [-0.15, -0.1) is 0 Å². The number of rotatable bonds is 5. The third-order valence-corrected chi connectivity index (χ3v) is 10.2. The van der Waals surface area contributed by atoms with Crippen molar-refractivity contribution in [2.24, 2.45) is 28.2 Å². The van der Waals surface area contributed by atoms with Crippen molar-refractivity contribution in [2.45, 2.75) is 65.2 Å². The molecule has 1 saturated heterocycles. The Morgan fingerprint density at radius 3 is 2.67 bits per heavy atom. The Labute approximate surface area is 236 Å². The minimum absolute atomic E-state index is 0.103. The van der Waals surface area contributed by atoms with Crippen molar-refractivity contribution in [3.8, 4) is 0 Å². The first kappa shape index (κ1) is 27.2. The van der Waals surface area contributed by atoms with E-state index in [1.165, 1.54) is 18.6 Å². The van der Waals surface area contributed by atoms with E-state index in [9.17, 15) is 13.6 Å². The van der Waals surface area contributed by atoms with Gasteiger partial charge in [0.05, 0.1) is 0 Å². The predicted octanol–water partition coefficient (Wildman–Crippen LogP) is 4.97. The van der Waals surface area contributed by atoms with Crippen LogP contribution in [0.2, 0.25) is 0 Å². The Bertz CT molecular complexity index is 1310. The molecule has 2 heterocycles. The second-order valence-electron chi connectivity index (χ2n) is 12.9. The van der Waals surface area contributed by atoms with E-state index in [4.69, 9.17) is 4.99 Å². The summed E-state index contributed by atoms with van der Waals surface area (Å²) >= 11 is 0. The predicted molar refractivity (Wildman–Crippen MR) is 153 cm³/mol. The monoisotopic (exact) mass is 549 g/mol. The normalized spacial score (nSPS) is 31.1. The van der Waals surface area contributed by atoms with Crippen LogP contribution < -0.4 is 10.6 Å². The van der Waals surface area contributed by atoms with Crippen molar-refractivity contribution in [3.05, 3.63) is 70.8 Å². The van der Waals surface area contributed by atoms with E-state index < -0.39 is 17.8 Å². The van der Waals surface area contributed by atoms with E-state index in [1.54, 1.807) is 4.90 Å². The zero-order valence-electron chi connectivity index (χ0n) is 24.0. The number of amides is 1. The molecule has 214 valence electrons. The molecule has 7 rings (SSSR count). The number of nitrogens with one attached hydrogen (secondary N) is 2. The number of halogens is 2. The van der Waals surface area contributed by atoms with E-state index >= 15 is 0 Å². The van der Waals surface area contributed by atoms with Crippen LogP contribution in [0.5, 0.6) is 0 Å². The molecule has 2 aliphatic heterocycles. The molecule has 6 nitrogen and oxygen atoms in total. The molecule has 0 spiro atoms. The molecule has 2 aromatic carbocycles. The highest BCUT2D eigenvalue weighted by atomic mass is 19.1. The summed E-state index contributed by atoms with van der Waals surface area (Å²) in [5, 5.41) is 7.41. The third kappa shape index (κ3) is 4.78. The maximum atomic E-state index is 14.5. The van der Waals surface area contributed by atoms with Gasteiger partial charge in [0, 0.05) is 55.5 Å². The van der Waals surface area contributed by atoms with Crippen LogP contribution in [0, 0.1) is 34.8 Å². The van der Waals surface area contributed by atoms with Crippen LogP contribution in [-0.4, -0.2) is 59.9 Å². The summed E-state index contributed by atoms with van der Waals surface area (Å²) in [6.07, 6.45) is 2.20. The fraction of sp³-hybridized carbons (Fsp3) is 0.562. The minimum Gasteiger partial charge on any atom is -0.353 e. The summed E-state index contributed by atoms with van der Waals surface area (Å²) in [6, 6.07) is 11.9. The SMILES string of the molecule is C[C@@H]1[C@@H](NC(=NC2c3ccccc3C(=O)N2CCc2ccc(F)cc2F)N2CCN[C@@H](C)C2)C[C@H]2C[C@@H]1C2(C)C. The number of carbonyl (C=O) groups is 1. The zero-order chi connectivity index (χ0) is 28.2. The number of guanidine groups is 1. The van der Waals surface area contributed by atoms with Gasteiger partial charge in [-0.25, -0.2) is 13.8 Å². The smallest absolute Gasteiger partial charge is 0.256 e. The molecule has 0 radical (unpaired) electrons.